The van der Waals surface area contributed by atoms with Gasteiger partial charge in [-0.1, -0.05) is 6.07 Å². The van der Waals surface area contributed by atoms with Gasteiger partial charge in [-0.05, 0) is 48.2 Å². The van der Waals surface area contributed by atoms with Crippen LogP contribution in [0.2, 0.25) is 0 Å². The van der Waals surface area contributed by atoms with Crippen LogP contribution in [0.4, 0.5) is 8.78 Å². The number of nitrogens with zero attached hydrogens (tertiary/aromatic N) is 1. The zero-order chi connectivity index (χ0) is 15.7. The average Bonchev–Trinajstić information content (AvgIpc) is 2.89. The van der Waals surface area contributed by atoms with E-state index in [1.807, 2.05) is 0 Å². The second-order valence-electron chi connectivity index (χ2n) is 5.13. The molecule has 114 valence electrons. The lowest BCUT2D eigenvalue weighted by Crippen LogP contribution is -2.16. The lowest BCUT2D eigenvalue weighted by molar-refractivity contribution is -0.0498. The molecule has 0 saturated carbocycles. The third-order valence-corrected chi connectivity index (χ3v) is 3.85. The number of carbonyl (C=O) groups is 1. The van der Waals surface area contributed by atoms with Crippen LogP contribution in [0.5, 0.6) is 5.75 Å². The molecule has 0 bridgehead atoms. The molecule has 1 atom stereocenters. The Bertz CT molecular complexity index is 719. The van der Waals surface area contributed by atoms with Crippen LogP contribution in [-0.2, 0) is 6.42 Å². The zero-order valence-electron chi connectivity index (χ0n) is 11.6. The second-order valence-corrected chi connectivity index (χ2v) is 5.13. The van der Waals surface area contributed by atoms with E-state index in [-0.39, 0.29) is 11.7 Å². The molecule has 0 saturated heterocycles. The van der Waals surface area contributed by atoms with E-state index < -0.39 is 12.5 Å². The number of halogens is 2. The van der Waals surface area contributed by atoms with Gasteiger partial charge in [-0.15, -0.1) is 0 Å². The van der Waals surface area contributed by atoms with Gasteiger partial charge in [-0.2, -0.15) is 8.78 Å². The minimum Gasteiger partial charge on any atom is -0.435 e. The van der Waals surface area contributed by atoms with E-state index in [0.29, 0.717) is 11.3 Å². The van der Waals surface area contributed by atoms with Crippen molar-refractivity contribution >= 4 is 5.91 Å². The SMILES string of the molecule is NC(=O)c1cccnc1[C@@H]1CCc2ccc(OC(F)F)cc21. The molecule has 0 fully saturated rings. The van der Waals surface area contributed by atoms with E-state index in [2.05, 4.69) is 9.72 Å². The summed E-state index contributed by atoms with van der Waals surface area (Å²) in [7, 11) is 0. The van der Waals surface area contributed by atoms with Crippen molar-refractivity contribution in [1.29, 1.82) is 0 Å². The number of nitrogens with two attached hydrogens (primary N) is 1. The highest BCUT2D eigenvalue weighted by Gasteiger charge is 2.28. The number of benzene rings is 1. The first-order valence-electron chi connectivity index (χ1n) is 6.88. The number of amides is 1. The Morgan fingerprint density at radius 3 is 2.91 bits per heavy atom. The number of primary amides is 1. The van der Waals surface area contributed by atoms with E-state index in [1.54, 1.807) is 30.5 Å². The van der Waals surface area contributed by atoms with Gasteiger partial charge >= 0.3 is 6.61 Å². The Morgan fingerprint density at radius 2 is 2.18 bits per heavy atom. The van der Waals surface area contributed by atoms with Crippen molar-refractivity contribution in [2.75, 3.05) is 0 Å². The molecular weight excluding hydrogens is 290 g/mol. The van der Waals surface area contributed by atoms with Crippen LogP contribution in [-0.4, -0.2) is 17.5 Å². The molecule has 1 aliphatic rings. The molecule has 2 N–H and O–H groups in total. The third kappa shape index (κ3) is 2.64. The molecule has 0 unspecified atom stereocenters. The zero-order valence-corrected chi connectivity index (χ0v) is 11.6. The molecule has 1 aromatic carbocycles. The van der Waals surface area contributed by atoms with Crippen LogP contribution in [0.3, 0.4) is 0 Å². The summed E-state index contributed by atoms with van der Waals surface area (Å²) in [5.74, 6) is -0.575. The fraction of sp³-hybridized carbons (Fsp3) is 0.250. The Morgan fingerprint density at radius 1 is 1.36 bits per heavy atom. The number of hydrogen-bond donors (Lipinski definition) is 1. The summed E-state index contributed by atoms with van der Waals surface area (Å²) in [6.07, 6.45) is 3.15. The van der Waals surface area contributed by atoms with Crippen LogP contribution < -0.4 is 10.5 Å². The number of rotatable bonds is 4. The molecule has 1 heterocycles. The van der Waals surface area contributed by atoms with Gasteiger partial charge in [0, 0.05) is 12.1 Å². The highest BCUT2D eigenvalue weighted by Crippen LogP contribution is 2.40. The van der Waals surface area contributed by atoms with Gasteiger partial charge in [-0.25, -0.2) is 0 Å². The number of aryl methyl sites for hydroxylation is 1. The topological polar surface area (TPSA) is 65.2 Å². The maximum Gasteiger partial charge on any atom is 0.387 e. The highest BCUT2D eigenvalue weighted by molar-refractivity contribution is 5.94. The van der Waals surface area contributed by atoms with Crippen molar-refractivity contribution in [2.24, 2.45) is 5.73 Å². The van der Waals surface area contributed by atoms with Gasteiger partial charge < -0.3 is 10.5 Å². The van der Waals surface area contributed by atoms with Crippen molar-refractivity contribution in [3.8, 4) is 5.75 Å². The van der Waals surface area contributed by atoms with Crippen molar-refractivity contribution in [3.63, 3.8) is 0 Å². The van der Waals surface area contributed by atoms with Crippen molar-refractivity contribution < 1.29 is 18.3 Å². The number of aromatic nitrogens is 1. The molecule has 1 aliphatic carbocycles. The van der Waals surface area contributed by atoms with Crippen LogP contribution in [0.25, 0.3) is 0 Å². The smallest absolute Gasteiger partial charge is 0.387 e. The standard InChI is InChI=1S/C16H14F2N2O2/c17-16(18)22-10-5-3-9-4-6-11(13(9)8-10)14-12(15(19)21)2-1-7-20-14/h1-3,5,7-8,11,16H,4,6H2,(H2,19,21)/t11-/m1/s1. The number of carbonyl (C=O) groups excluding carboxylic acids is 1. The minimum atomic E-state index is -2.87. The largest absolute Gasteiger partial charge is 0.435 e. The molecule has 4 nitrogen and oxygen atoms in total. The lowest BCUT2D eigenvalue weighted by Gasteiger charge is -2.15. The molecule has 3 rings (SSSR count). The summed E-state index contributed by atoms with van der Waals surface area (Å²) in [6.45, 7) is -2.87. The predicted octanol–water partition coefficient (Wildman–Crippen LogP) is 2.86. The van der Waals surface area contributed by atoms with Crippen molar-refractivity contribution in [3.05, 3.63) is 58.9 Å². The quantitative estimate of drug-likeness (QED) is 0.944. The summed E-state index contributed by atoms with van der Waals surface area (Å²) in [5, 5.41) is 0. The summed E-state index contributed by atoms with van der Waals surface area (Å²) < 4.78 is 29.2. The molecule has 6 heteroatoms. The minimum absolute atomic E-state index is 0.109. The van der Waals surface area contributed by atoms with Gasteiger partial charge in [0.25, 0.3) is 5.91 Å². The monoisotopic (exact) mass is 304 g/mol. The maximum atomic E-state index is 12.4. The average molecular weight is 304 g/mol. The third-order valence-electron chi connectivity index (χ3n) is 3.85. The van der Waals surface area contributed by atoms with E-state index in [0.717, 1.165) is 24.0 Å². The summed E-state index contributed by atoms with van der Waals surface area (Å²) >= 11 is 0. The first kappa shape index (κ1) is 14.4. The van der Waals surface area contributed by atoms with E-state index in [4.69, 9.17) is 5.73 Å². The van der Waals surface area contributed by atoms with Crippen molar-refractivity contribution in [1.82, 2.24) is 4.98 Å². The van der Waals surface area contributed by atoms with Gasteiger partial charge in [0.1, 0.15) is 5.75 Å². The fourth-order valence-corrected chi connectivity index (χ4v) is 2.94. The molecule has 1 aromatic heterocycles. The Kier molecular flexibility index (Phi) is 3.75. The summed E-state index contributed by atoms with van der Waals surface area (Å²) in [6, 6.07) is 8.18. The van der Waals surface area contributed by atoms with Crippen molar-refractivity contribution in [2.45, 2.75) is 25.4 Å². The molecule has 0 radical (unpaired) electrons. The van der Waals surface area contributed by atoms with Gasteiger partial charge in [0.15, 0.2) is 0 Å². The predicted molar refractivity (Wildman–Crippen MR) is 76.0 cm³/mol. The summed E-state index contributed by atoms with van der Waals surface area (Å²) in [4.78, 5) is 15.8. The second kappa shape index (κ2) is 5.71. The van der Waals surface area contributed by atoms with Crippen LogP contribution in [0, 0.1) is 0 Å². The normalized spacial score (nSPS) is 16.6. The number of hydrogen-bond acceptors (Lipinski definition) is 3. The van der Waals surface area contributed by atoms with Crippen LogP contribution in [0.1, 0.15) is 39.5 Å². The first-order valence-corrected chi connectivity index (χ1v) is 6.88. The highest BCUT2D eigenvalue weighted by atomic mass is 19.3. The molecule has 0 spiro atoms. The van der Waals surface area contributed by atoms with E-state index in [9.17, 15) is 13.6 Å². The maximum absolute atomic E-state index is 12.4. The molecular formula is C16H14F2N2O2. The lowest BCUT2D eigenvalue weighted by atomic mass is 9.93. The Balaban J connectivity index is 2.02. The molecule has 1 amide bonds. The van der Waals surface area contributed by atoms with Crippen LogP contribution >= 0.6 is 0 Å². The number of ether oxygens (including phenoxy) is 1. The van der Waals surface area contributed by atoms with Gasteiger partial charge in [0.05, 0.1) is 11.3 Å². The van der Waals surface area contributed by atoms with E-state index >= 15 is 0 Å². The molecule has 22 heavy (non-hydrogen) atoms. The van der Waals surface area contributed by atoms with Crippen LogP contribution in [0.15, 0.2) is 36.5 Å². The van der Waals surface area contributed by atoms with Gasteiger partial charge in [-0.3, -0.25) is 9.78 Å². The fourth-order valence-electron chi connectivity index (χ4n) is 2.94. The number of fused-ring (bicyclic) bond motifs is 1. The summed E-state index contributed by atoms with van der Waals surface area (Å²) in [5.41, 5.74) is 8.25. The molecule has 2 aromatic rings. The first-order chi connectivity index (χ1) is 10.6. The Labute approximate surface area is 125 Å². The number of alkyl halides is 2. The van der Waals surface area contributed by atoms with Gasteiger partial charge in [0.2, 0.25) is 0 Å². The molecule has 0 aliphatic heterocycles. The number of pyridine rings is 1. The Hall–Kier alpha value is -2.50. The van der Waals surface area contributed by atoms with E-state index in [1.165, 1.54) is 6.07 Å².